The van der Waals surface area contributed by atoms with E-state index in [-0.39, 0.29) is 5.78 Å². The van der Waals surface area contributed by atoms with Gasteiger partial charge in [-0.3, -0.25) is 4.79 Å². The standard InChI is InChI=1S/C15H13BrO2/c1-10-9-14(11(2)18-10)15(17)8-5-12-3-6-13(16)7-4-12/h3-9H,1-2H3/b8-5-. The summed E-state index contributed by atoms with van der Waals surface area (Å²) in [4.78, 5) is 12.0. The van der Waals surface area contributed by atoms with Gasteiger partial charge < -0.3 is 4.42 Å². The molecule has 1 heterocycles. The first-order valence-corrected chi connectivity index (χ1v) is 6.40. The van der Waals surface area contributed by atoms with Gasteiger partial charge >= 0.3 is 0 Å². The fourth-order valence-corrected chi connectivity index (χ4v) is 1.98. The van der Waals surface area contributed by atoms with Crippen LogP contribution in [-0.4, -0.2) is 5.78 Å². The summed E-state index contributed by atoms with van der Waals surface area (Å²) in [6, 6.07) is 9.54. The highest BCUT2D eigenvalue weighted by atomic mass is 79.9. The van der Waals surface area contributed by atoms with Crippen LogP contribution in [0.4, 0.5) is 0 Å². The SMILES string of the molecule is Cc1cc(C(=O)/C=C\c2ccc(Br)cc2)c(C)o1. The number of aryl methyl sites for hydroxylation is 2. The molecule has 0 spiro atoms. The number of carbonyl (C=O) groups is 1. The average molecular weight is 305 g/mol. The molecule has 0 radical (unpaired) electrons. The molecule has 0 N–H and O–H groups in total. The molecule has 0 bridgehead atoms. The molecule has 1 aromatic heterocycles. The Hall–Kier alpha value is -1.61. The lowest BCUT2D eigenvalue weighted by Gasteiger charge is -1.94. The molecule has 0 unspecified atom stereocenters. The third-order valence-corrected chi connectivity index (χ3v) is 3.13. The minimum Gasteiger partial charge on any atom is -0.466 e. The van der Waals surface area contributed by atoms with Crippen molar-refractivity contribution >= 4 is 27.8 Å². The van der Waals surface area contributed by atoms with Gasteiger partial charge in [-0.2, -0.15) is 0 Å². The zero-order valence-electron chi connectivity index (χ0n) is 10.2. The zero-order valence-corrected chi connectivity index (χ0v) is 11.8. The van der Waals surface area contributed by atoms with E-state index in [9.17, 15) is 4.79 Å². The minimum atomic E-state index is -0.0349. The number of benzene rings is 1. The molecule has 2 aromatic rings. The average Bonchev–Trinajstić information content (AvgIpc) is 2.67. The first-order chi connectivity index (χ1) is 8.56. The van der Waals surface area contributed by atoms with E-state index in [0.717, 1.165) is 15.8 Å². The highest BCUT2D eigenvalue weighted by molar-refractivity contribution is 9.10. The molecule has 2 rings (SSSR count). The van der Waals surface area contributed by atoms with E-state index >= 15 is 0 Å². The summed E-state index contributed by atoms with van der Waals surface area (Å²) < 4.78 is 6.36. The molecule has 18 heavy (non-hydrogen) atoms. The molecule has 3 heteroatoms. The van der Waals surface area contributed by atoms with Crippen molar-refractivity contribution in [1.82, 2.24) is 0 Å². The van der Waals surface area contributed by atoms with Crippen LogP contribution in [0.2, 0.25) is 0 Å². The predicted molar refractivity (Wildman–Crippen MR) is 75.7 cm³/mol. The lowest BCUT2D eigenvalue weighted by molar-refractivity contribution is 0.104. The Morgan fingerprint density at radius 2 is 1.89 bits per heavy atom. The third kappa shape index (κ3) is 2.99. The van der Waals surface area contributed by atoms with Crippen molar-refractivity contribution in [3.63, 3.8) is 0 Å². The van der Waals surface area contributed by atoms with Gasteiger partial charge in [0.1, 0.15) is 11.5 Å². The van der Waals surface area contributed by atoms with Crippen LogP contribution >= 0.6 is 15.9 Å². The molecule has 0 amide bonds. The van der Waals surface area contributed by atoms with E-state index < -0.39 is 0 Å². The number of rotatable bonds is 3. The molecular formula is C15H13BrO2. The Bertz CT molecular complexity index is 591. The zero-order chi connectivity index (χ0) is 13.1. The summed E-state index contributed by atoms with van der Waals surface area (Å²) >= 11 is 3.37. The quantitative estimate of drug-likeness (QED) is 0.615. The number of furan rings is 1. The smallest absolute Gasteiger partial charge is 0.189 e. The van der Waals surface area contributed by atoms with Crippen molar-refractivity contribution in [3.05, 3.63) is 63.5 Å². The van der Waals surface area contributed by atoms with Crippen molar-refractivity contribution in [2.75, 3.05) is 0 Å². The van der Waals surface area contributed by atoms with Crippen LogP contribution in [-0.2, 0) is 0 Å². The van der Waals surface area contributed by atoms with Gasteiger partial charge in [-0.15, -0.1) is 0 Å². The van der Waals surface area contributed by atoms with Gasteiger partial charge in [-0.25, -0.2) is 0 Å². The van der Waals surface area contributed by atoms with Gasteiger partial charge in [0.25, 0.3) is 0 Å². The van der Waals surface area contributed by atoms with Crippen LogP contribution in [0, 0.1) is 13.8 Å². The molecule has 0 atom stereocenters. The Balaban J connectivity index is 2.16. The predicted octanol–water partition coefficient (Wildman–Crippen LogP) is 4.56. The molecule has 0 saturated heterocycles. The topological polar surface area (TPSA) is 30.2 Å². The summed E-state index contributed by atoms with van der Waals surface area (Å²) in [6.45, 7) is 3.63. The van der Waals surface area contributed by atoms with E-state index in [1.807, 2.05) is 31.2 Å². The molecule has 1 aromatic carbocycles. The van der Waals surface area contributed by atoms with Crippen LogP contribution in [0.25, 0.3) is 6.08 Å². The molecule has 0 fully saturated rings. The highest BCUT2D eigenvalue weighted by Crippen LogP contribution is 2.16. The van der Waals surface area contributed by atoms with E-state index in [1.165, 1.54) is 0 Å². The number of hydrogen-bond acceptors (Lipinski definition) is 2. The molecule has 92 valence electrons. The molecule has 0 aliphatic rings. The van der Waals surface area contributed by atoms with Gasteiger partial charge in [-0.05, 0) is 43.7 Å². The molecule has 0 aliphatic carbocycles. The first-order valence-electron chi connectivity index (χ1n) is 5.61. The Morgan fingerprint density at radius 3 is 2.44 bits per heavy atom. The van der Waals surface area contributed by atoms with Gasteiger partial charge in [0, 0.05) is 4.47 Å². The number of carbonyl (C=O) groups excluding carboxylic acids is 1. The number of ketones is 1. The Labute approximate surface area is 114 Å². The van der Waals surface area contributed by atoms with E-state index in [1.54, 1.807) is 25.1 Å². The van der Waals surface area contributed by atoms with Gasteiger partial charge in [0.15, 0.2) is 5.78 Å². The Kier molecular flexibility index (Phi) is 3.82. The van der Waals surface area contributed by atoms with E-state index in [2.05, 4.69) is 15.9 Å². The van der Waals surface area contributed by atoms with E-state index in [4.69, 9.17) is 4.42 Å². The second-order valence-electron chi connectivity index (χ2n) is 4.08. The van der Waals surface area contributed by atoms with Crippen molar-refractivity contribution in [2.45, 2.75) is 13.8 Å². The number of halogens is 1. The maximum absolute atomic E-state index is 12.0. The minimum absolute atomic E-state index is 0.0349. The van der Waals surface area contributed by atoms with E-state index in [0.29, 0.717) is 11.3 Å². The number of hydrogen-bond donors (Lipinski definition) is 0. The summed E-state index contributed by atoms with van der Waals surface area (Å²) in [6.07, 6.45) is 3.37. The fraction of sp³-hybridized carbons (Fsp3) is 0.133. The van der Waals surface area contributed by atoms with Crippen LogP contribution in [0.15, 0.2) is 45.3 Å². The van der Waals surface area contributed by atoms with Crippen LogP contribution in [0.5, 0.6) is 0 Å². The molecular weight excluding hydrogens is 292 g/mol. The van der Waals surface area contributed by atoms with Crippen molar-refractivity contribution < 1.29 is 9.21 Å². The normalized spacial score (nSPS) is 11.1. The maximum atomic E-state index is 12.0. The third-order valence-electron chi connectivity index (χ3n) is 2.60. The van der Waals surface area contributed by atoms with Crippen molar-refractivity contribution in [2.24, 2.45) is 0 Å². The van der Waals surface area contributed by atoms with Crippen molar-refractivity contribution in [1.29, 1.82) is 0 Å². The largest absolute Gasteiger partial charge is 0.466 e. The summed E-state index contributed by atoms with van der Waals surface area (Å²) in [5.41, 5.74) is 1.62. The van der Waals surface area contributed by atoms with Gasteiger partial charge in [0.2, 0.25) is 0 Å². The monoisotopic (exact) mass is 304 g/mol. The molecule has 2 nitrogen and oxygen atoms in total. The van der Waals surface area contributed by atoms with Crippen LogP contribution in [0.3, 0.4) is 0 Å². The van der Waals surface area contributed by atoms with Gasteiger partial charge in [-0.1, -0.05) is 34.1 Å². The molecule has 0 aliphatic heterocycles. The molecule has 0 saturated carbocycles. The van der Waals surface area contributed by atoms with Crippen molar-refractivity contribution in [3.8, 4) is 0 Å². The lowest BCUT2D eigenvalue weighted by Crippen LogP contribution is -1.93. The van der Waals surface area contributed by atoms with Crippen LogP contribution < -0.4 is 0 Å². The highest BCUT2D eigenvalue weighted by Gasteiger charge is 2.10. The Morgan fingerprint density at radius 1 is 1.22 bits per heavy atom. The summed E-state index contributed by atoms with van der Waals surface area (Å²) in [5.74, 6) is 1.39. The van der Waals surface area contributed by atoms with Gasteiger partial charge in [0.05, 0.1) is 5.56 Å². The second-order valence-corrected chi connectivity index (χ2v) is 4.99. The van der Waals surface area contributed by atoms with Crippen LogP contribution in [0.1, 0.15) is 27.4 Å². The maximum Gasteiger partial charge on any atom is 0.189 e. The summed E-state index contributed by atoms with van der Waals surface area (Å²) in [7, 11) is 0. The first kappa shape index (κ1) is 12.8. The fourth-order valence-electron chi connectivity index (χ4n) is 1.71. The second kappa shape index (κ2) is 5.36. The lowest BCUT2D eigenvalue weighted by atomic mass is 10.1. The summed E-state index contributed by atoms with van der Waals surface area (Å²) in [5, 5.41) is 0. The number of allylic oxidation sites excluding steroid dienone is 1.